The molecule has 0 heterocycles. The molecule has 0 spiro atoms. The number of primary amides is 1. The Hall–Kier alpha value is -2.69. The average Bonchev–Trinajstić information content (AvgIpc) is 2.47. The Bertz CT molecular complexity index is 654. The molecule has 0 aromatic heterocycles. The van der Waals surface area contributed by atoms with Gasteiger partial charge in [-0.2, -0.15) is 0 Å². The van der Waals surface area contributed by atoms with Gasteiger partial charge >= 0.3 is 0 Å². The van der Waals surface area contributed by atoms with E-state index in [9.17, 15) is 14.0 Å². The fourth-order valence-corrected chi connectivity index (χ4v) is 1.95. The molecule has 0 aliphatic heterocycles. The predicted octanol–water partition coefficient (Wildman–Crippen LogP) is 1.78. The Kier molecular flexibility index (Phi) is 4.66. The van der Waals surface area contributed by atoms with E-state index in [1.165, 1.54) is 12.1 Å². The summed E-state index contributed by atoms with van der Waals surface area (Å²) >= 11 is 0. The van der Waals surface area contributed by atoms with Crippen LogP contribution in [0.15, 0.2) is 48.5 Å². The molecule has 0 saturated carbocycles. The first-order valence-electron chi connectivity index (χ1n) is 6.45. The van der Waals surface area contributed by atoms with Gasteiger partial charge in [0.1, 0.15) is 5.82 Å². The molecule has 2 rings (SSSR count). The molecule has 5 heteroatoms. The number of hydrogen-bond acceptors (Lipinski definition) is 2. The summed E-state index contributed by atoms with van der Waals surface area (Å²) in [5, 5.41) is 2.72. The molecule has 2 aromatic carbocycles. The van der Waals surface area contributed by atoms with Crippen molar-refractivity contribution < 1.29 is 14.0 Å². The Morgan fingerprint density at radius 2 is 1.71 bits per heavy atom. The van der Waals surface area contributed by atoms with Crippen LogP contribution in [0.1, 0.15) is 21.5 Å². The van der Waals surface area contributed by atoms with E-state index in [2.05, 4.69) is 5.32 Å². The van der Waals surface area contributed by atoms with Crippen molar-refractivity contribution in [3.63, 3.8) is 0 Å². The first-order chi connectivity index (χ1) is 10.1. The fraction of sp³-hybridized carbons (Fsp3) is 0.125. The molecule has 3 N–H and O–H groups in total. The highest BCUT2D eigenvalue weighted by molar-refractivity contribution is 5.95. The molecule has 0 saturated heterocycles. The maximum absolute atomic E-state index is 12.8. The average molecular weight is 286 g/mol. The van der Waals surface area contributed by atoms with Crippen LogP contribution >= 0.6 is 0 Å². The molecule has 2 amide bonds. The van der Waals surface area contributed by atoms with Gasteiger partial charge in [0.25, 0.3) is 0 Å². The molecule has 0 fully saturated rings. The quantitative estimate of drug-likeness (QED) is 0.879. The van der Waals surface area contributed by atoms with Gasteiger partial charge in [-0.25, -0.2) is 4.39 Å². The Balaban J connectivity index is 1.96. The van der Waals surface area contributed by atoms with Crippen molar-refractivity contribution in [1.29, 1.82) is 0 Å². The third-order valence-electron chi connectivity index (χ3n) is 3.04. The third-order valence-corrected chi connectivity index (χ3v) is 3.04. The summed E-state index contributed by atoms with van der Waals surface area (Å²) in [5.74, 6) is -1.11. The van der Waals surface area contributed by atoms with Crippen LogP contribution in [0.5, 0.6) is 0 Å². The number of nitrogens with two attached hydrogens (primary N) is 1. The van der Waals surface area contributed by atoms with Crippen molar-refractivity contribution in [3.05, 3.63) is 71.0 Å². The maximum Gasteiger partial charge on any atom is 0.248 e. The summed E-state index contributed by atoms with van der Waals surface area (Å²) in [6.45, 7) is 0.303. The molecule has 0 unspecified atom stereocenters. The first-order valence-corrected chi connectivity index (χ1v) is 6.45. The Morgan fingerprint density at radius 3 is 2.38 bits per heavy atom. The van der Waals surface area contributed by atoms with Gasteiger partial charge in [-0.15, -0.1) is 0 Å². The third kappa shape index (κ3) is 4.14. The number of halogens is 1. The highest BCUT2D eigenvalue weighted by Crippen LogP contribution is 2.09. The van der Waals surface area contributed by atoms with Crippen LogP contribution in [-0.4, -0.2) is 11.8 Å². The largest absolute Gasteiger partial charge is 0.366 e. The van der Waals surface area contributed by atoms with E-state index in [4.69, 9.17) is 5.73 Å². The number of amides is 2. The second-order valence-corrected chi connectivity index (χ2v) is 4.60. The van der Waals surface area contributed by atoms with Crippen molar-refractivity contribution in [2.24, 2.45) is 5.73 Å². The van der Waals surface area contributed by atoms with Crippen LogP contribution in [0, 0.1) is 5.82 Å². The summed E-state index contributed by atoms with van der Waals surface area (Å²) < 4.78 is 12.8. The molecular formula is C16H15FN2O2. The lowest BCUT2D eigenvalue weighted by atomic mass is 10.0. The van der Waals surface area contributed by atoms with Crippen molar-refractivity contribution in [2.75, 3.05) is 0 Å². The number of benzene rings is 2. The standard InChI is InChI=1S/C16H15FN2O2/c17-13-7-5-11(6-8-13)10-19-15(20)9-12-3-1-2-4-14(12)16(18)21/h1-8H,9-10H2,(H2,18,21)(H,19,20). The summed E-state index contributed by atoms with van der Waals surface area (Å²) in [5.41, 5.74) is 6.99. The van der Waals surface area contributed by atoms with Crippen molar-refractivity contribution in [2.45, 2.75) is 13.0 Å². The van der Waals surface area contributed by atoms with E-state index < -0.39 is 5.91 Å². The minimum atomic E-state index is -0.558. The minimum absolute atomic E-state index is 0.0698. The van der Waals surface area contributed by atoms with Crippen LogP contribution in [-0.2, 0) is 17.8 Å². The van der Waals surface area contributed by atoms with Crippen LogP contribution in [0.4, 0.5) is 4.39 Å². The van der Waals surface area contributed by atoms with E-state index in [1.807, 2.05) is 0 Å². The zero-order chi connectivity index (χ0) is 15.2. The lowest BCUT2D eigenvalue weighted by molar-refractivity contribution is -0.120. The number of nitrogens with one attached hydrogen (secondary N) is 1. The lowest BCUT2D eigenvalue weighted by Crippen LogP contribution is -2.26. The molecule has 0 atom stereocenters. The van der Waals surface area contributed by atoms with Gasteiger partial charge in [-0.3, -0.25) is 9.59 Å². The maximum atomic E-state index is 12.8. The summed E-state index contributed by atoms with van der Waals surface area (Å²) in [6.07, 6.45) is 0.0698. The molecule has 0 aliphatic carbocycles. The molecule has 0 bridgehead atoms. The van der Waals surface area contributed by atoms with Crippen molar-refractivity contribution in [1.82, 2.24) is 5.32 Å². The SMILES string of the molecule is NC(=O)c1ccccc1CC(=O)NCc1ccc(F)cc1. The molecule has 0 aliphatic rings. The molecule has 108 valence electrons. The summed E-state index contributed by atoms with van der Waals surface area (Å²) in [7, 11) is 0. The van der Waals surface area contributed by atoms with Gasteiger partial charge in [0.15, 0.2) is 0 Å². The number of hydrogen-bond donors (Lipinski definition) is 2. The van der Waals surface area contributed by atoms with Crippen molar-refractivity contribution >= 4 is 11.8 Å². The first kappa shape index (κ1) is 14.7. The van der Waals surface area contributed by atoms with Gasteiger partial charge < -0.3 is 11.1 Å². The molecular weight excluding hydrogens is 271 g/mol. The minimum Gasteiger partial charge on any atom is -0.366 e. The topological polar surface area (TPSA) is 72.2 Å². The van der Waals surface area contributed by atoms with Crippen LogP contribution in [0.3, 0.4) is 0 Å². The zero-order valence-electron chi connectivity index (χ0n) is 11.3. The fourth-order valence-electron chi connectivity index (χ4n) is 1.95. The second kappa shape index (κ2) is 6.65. The molecule has 2 aromatic rings. The summed E-state index contributed by atoms with van der Waals surface area (Å²) in [6, 6.07) is 12.6. The normalized spacial score (nSPS) is 10.1. The van der Waals surface area contributed by atoms with E-state index in [0.29, 0.717) is 17.7 Å². The highest BCUT2D eigenvalue weighted by atomic mass is 19.1. The highest BCUT2D eigenvalue weighted by Gasteiger charge is 2.10. The van der Waals surface area contributed by atoms with E-state index in [1.54, 1.807) is 36.4 Å². The van der Waals surface area contributed by atoms with Crippen molar-refractivity contribution in [3.8, 4) is 0 Å². The van der Waals surface area contributed by atoms with Gasteiger partial charge in [-0.05, 0) is 29.3 Å². The van der Waals surface area contributed by atoms with E-state index in [0.717, 1.165) is 5.56 Å². The number of carbonyl (C=O) groups is 2. The monoisotopic (exact) mass is 286 g/mol. The molecule has 0 radical (unpaired) electrons. The zero-order valence-corrected chi connectivity index (χ0v) is 11.3. The molecule has 4 nitrogen and oxygen atoms in total. The van der Waals surface area contributed by atoms with Gasteiger partial charge in [0.2, 0.25) is 11.8 Å². The van der Waals surface area contributed by atoms with Crippen LogP contribution < -0.4 is 11.1 Å². The Labute approximate surface area is 121 Å². The number of rotatable bonds is 5. The van der Waals surface area contributed by atoms with Gasteiger partial charge in [0, 0.05) is 12.1 Å². The van der Waals surface area contributed by atoms with Crippen LogP contribution in [0.25, 0.3) is 0 Å². The van der Waals surface area contributed by atoms with Crippen LogP contribution in [0.2, 0.25) is 0 Å². The smallest absolute Gasteiger partial charge is 0.248 e. The van der Waals surface area contributed by atoms with E-state index >= 15 is 0 Å². The number of carbonyl (C=O) groups excluding carboxylic acids is 2. The van der Waals surface area contributed by atoms with Gasteiger partial charge in [0.05, 0.1) is 6.42 Å². The second-order valence-electron chi connectivity index (χ2n) is 4.60. The Morgan fingerprint density at radius 1 is 1.05 bits per heavy atom. The summed E-state index contributed by atoms with van der Waals surface area (Å²) in [4.78, 5) is 23.2. The molecule has 21 heavy (non-hydrogen) atoms. The van der Waals surface area contributed by atoms with Gasteiger partial charge in [-0.1, -0.05) is 30.3 Å². The predicted molar refractivity (Wildman–Crippen MR) is 76.9 cm³/mol. The van der Waals surface area contributed by atoms with E-state index in [-0.39, 0.29) is 18.1 Å². The lowest BCUT2D eigenvalue weighted by Gasteiger charge is -2.08.